The second-order valence-electron chi connectivity index (χ2n) is 2.28. The molecule has 0 fully saturated rings. The van der Waals surface area contributed by atoms with E-state index in [2.05, 4.69) is 17.4 Å². The molecule has 0 radical (unpaired) electrons. The van der Waals surface area contributed by atoms with Crippen LogP contribution in [0.4, 0.5) is 0 Å². The average molecular weight is 145 g/mol. The molecule has 4 N–H and O–H groups in total. The fourth-order valence-corrected chi connectivity index (χ4v) is 0.458. The van der Waals surface area contributed by atoms with Crippen molar-refractivity contribution in [2.24, 2.45) is 10.9 Å². The van der Waals surface area contributed by atoms with Crippen LogP contribution in [0.5, 0.6) is 0 Å². The summed E-state index contributed by atoms with van der Waals surface area (Å²) < 4.78 is 0. The van der Waals surface area contributed by atoms with Gasteiger partial charge in [-0.1, -0.05) is 12.1 Å². The van der Waals surface area contributed by atoms with E-state index in [0.29, 0.717) is 12.6 Å². The third-order valence-electron chi connectivity index (χ3n) is 1.37. The molecule has 0 saturated heterocycles. The van der Waals surface area contributed by atoms with Crippen LogP contribution in [0.25, 0.3) is 0 Å². The summed E-state index contributed by atoms with van der Waals surface area (Å²) in [5.41, 5.74) is 5.21. The van der Waals surface area contributed by atoms with E-state index >= 15 is 0 Å². The van der Waals surface area contributed by atoms with Gasteiger partial charge in [-0.05, 0) is 13.3 Å². The van der Waals surface area contributed by atoms with Crippen molar-refractivity contribution in [2.45, 2.75) is 26.3 Å². The molecule has 0 amide bonds. The Kier molecular flexibility index (Phi) is 4.66. The second kappa shape index (κ2) is 5.05. The number of rotatable bonds is 4. The molecule has 0 aliphatic rings. The lowest BCUT2D eigenvalue weighted by Gasteiger charge is -2.08. The summed E-state index contributed by atoms with van der Waals surface area (Å²) in [4.78, 5) is 0. The Hall–Kier alpha value is -0.770. The number of hydrogen-bond acceptors (Lipinski definition) is 3. The Labute approximate surface area is 61.1 Å². The molecule has 0 aromatic rings. The minimum Gasteiger partial charge on any atom is -0.409 e. The molecule has 0 aromatic carbocycles. The van der Waals surface area contributed by atoms with E-state index in [1.165, 1.54) is 0 Å². The van der Waals surface area contributed by atoms with Crippen LogP contribution in [-0.4, -0.2) is 23.6 Å². The molecular weight excluding hydrogens is 130 g/mol. The molecule has 0 rings (SSSR count). The first-order valence-electron chi connectivity index (χ1n) is 3.40. The van der Waals surface area contributed by atoms with Crippen LogP contribution in [0, 0.1) is 0 Å². The molecule has 1 atom stereocenters. The highest BCUT2D eigenvalue weighted by Crippen LogP contribution is 1.85. The number of amidine groups is 1. The lowest BCUT2D eigenvalue weighted by molar-refractivity contribution is 0.316. The molecular formula is C6H15N3O. The van der Waals surface area contributed by atoms with E-state index in [1.807, 2.05) is 6.92 Å². The standard InChI is InChI=1S/C6H15N3O/c1-3-5(2)8-4-6(7)9-10/h5,8,10H,3-4H2,1-2H3,(H2,7,9). The predicted octanol–water partition coefficient (Wildman–Crippen LogP) is 0.121. The lowest BCUT2D eigenvalue weighted by Crippen LogP contribution is -2.34. The van der Waals surface area contributed by atoms with E-state index in [4.69, 9.17) is 10.9 Å². The van der Waals surface area contributed by atoms with Crippen LogP contribution in [0.15, 0.2) is 5.16 Å². The first kappa shape index (κ1) is 9.23. The van der Waals surface area contributed by atoms with Gasteiger partial charge in [0, 0.05) is 6.04 Å². The Morgan fingerprint density at radius 3 is 2.80 bits per heavy atom. The average Bonchev–Trinajstić information content (AvgIpc) is 1.99. The summed E-state index contributed by atoms with van der Waals surface area (Å²) in [5, 5.41) is 14.0. The largest absolute Gasteiger partial charge is 0.409 e. The van der Waals surface area contributed by atoms with Crippen LogP contribution in [0.2, 0.25) is 0 Å². The van der Waals surface area contributed by atoms with Crippen molar-refractivity contribution in [1.29, 1.82) is 0 Å². The van der Waals surface area contributed by atoms with Gasteiger partial charge in [-0.2, -0.15) is 0 Å². The van der Waals surface area contributed by atoms with Crippen molar-refractivity contribution >= 4 is 5.84 Å². The Bertz CT molecular complexity index is 114. The highest BCUT2D eigenvalue weighted by Gasteiger charge is 1.97. The fraction of sp³-hybridized carbons (Fsp3) is 0.833. The molecule has 4 heteroatoms. The molecule has 0 spiro atoms. The molecule has 0 bridgehead atoms. The van der Waals surface area contributed by atoms with E-state index in [-0.39, 0.29) is 5.84 Å². The van der Waals surface area contributed by atoms with Crippen molar-refractivity contribution in [3.8, 4) is 0 Å². The van der Waals surface area contributed by atoms with Crippen molar-refractivity contribution in [2.75, 3.05) is 6.54 Å². The van der Waals surface area contributed by atoms with Crippen molar-refractivity contribution in [3.05, 3.63) is 0 Å². The third-order valence-corrected chi connectivity index (χ3v) is 1.37. The molecule has 4 nitrogen and oxygen atoms in total. The summed E-state index contributed by atoms with van der Waals surface area (Å²) in [6.45, 7) is 4.57. The lowest BCUT2D eigenvalue weighted by atomic mass is 10.2. The molecule has 1 unspecified atom stereocenters. The summed E-state index contributed by atoms with van der Waals surface area (Å²) in [6.07, 6.45) is 1.04. The second-order valence-corrected chi connectivity index (χ2v) is 2.28. The molecule has 0 heterocycles. The summed E-state index contributed by atoms with van der Waals surface area (Å²) in [7, 11) is 0. The fourth-order valence-electron chi connectivity index (χ4n) is 0.458. The molecule has 0 aliphatic carbocycles. The maximum atomic E-state index is 8.14. The zero-order valence-corrected chi connectivity index (χ0v) is 6.46. The topological polar surface area (TPSA) is 70.6 Å². The monoisotopic (exact) mass is 145 g/mol. The maximum Gasteiger partial charge on any atom is 0.153 e. The SMILES string of the molecule is CCC(C)NC/C(N)=N/O. The van der Waals surface area contributed by atoms with Gasteiger partial charge in [0.1, 0.15) is 0 Å². The summed E-state index contributed by atoms with van der Waals surface area (Å²) in [6, 6.07) is 0.417. The quantitative estimate of drug-likeness (QED) is 0.228. The van der Waals surface area contributed by atoms with Crippen LogP contribution < -0.4 is 11.1 Å². The normalized spacial score (nSPS) is 15.2. The minimum absolute atomic E-state index is 0.223. The van der Waals surface area contributed by atoms with Gasteiger partial charge < -0.3 is 16.3 Å². The van der Waals surface area contributed by atoms with E-state index in [0.717, 1.165) is 6.42 Å². The molecule has 0 aliphatic heterocycles. The highest BCUT2D eigenvalue weighted by molar-refractivity contribution is 5.81. The third kappa shape index (κ3) is 4.14. The number of oxime groups is 1. The molecule has 60 valence electrons. The number of nitrogens with one attached hydrogen (secondary N) is 1. The van der Waals surface area contributed by atoms with Gasteiger partial charge in [0.05, 0.1) is 6.54 Å². The maximum absolute atomic E-state index is 8.14. The number of hydrogen-bond donors (Lipinski definition) is 3. The molecule has 0 saturated carbocycles. The minimum atomic E-state index is 0.223. The van der Waals surface area contributed by atoms with E-state index < -0.39 is 0 Å². The van der Waals surface area contributed by atoms with Gasteiger partial charge in [-0.25, -0.2) is 0 Å². The highest BCUT2D eigenvalue weighted by atomic mass is 16.4. The first-order chi connectivity index (χ1) is 4.70. The first-order valence-corrected chi connectivity index (χ1v) is 3.40. The van der Waals surface area contributed by atoms with E-state index in [9.17, 15) is 0 Å². The van der Waals surface area contributed by atoms with Crippen LogP contribution in [-0.2, 0) is 0 Å². The van der Waals surface area contributed by atoms with E-state index in [1.54, 1.807) is 0 Å². The zero-order chi connectivity index (χ0) is 7.98. The molecule has 0 aromatic heterocycles. The number of nitrogens with two attached hydrogens (primary N) is 1. The van der Waals surface area contributed by atoms with Gasteiger partial charge in [0.2, 0.25) is 0 Å². The van der Waals surface area contributed by atoms with Crippen molar-refractivity contribution in [1.82, 2.24) is 5.32 Å². The van der Waals surface area contributed by atoms with Gasteiger partial charge in [0.15, 0.2) is 5.84 Å². The van der Waals surface area contributed by atoms with Crippen molar-refractivity contribution in [3.63, 3.8) is 0 Å². The van der Waals surface area contributed by atoms with Crippen LogP contribution in [0.1, 0.15) is 20.3 Å². The van der Waals surface area contributed by atoms with Crippen molar-refractivity contribution < 1.29 is 5.21 Å². The summed E-state index contributed by atoms with van der Waals surface area (Å²) >= 11 is 0. The zero-order valence-electron chi connectivity index (χ0n) is 6.46. The molecule has 10 heavy (non-hydrogen) atoms. The van der Waals surface area contributed by atoms with Gasteiger partial charge in [0.25, 0.3) is 0 Å². The van der Waals surface area contributed by atoms with Crippen LogP contribution in [0.3, 0.4) is 0 Å². The summed E-state index contributed by atoms with van der Waals surface area (Å²) in [5.74, 6) is 0.223. The Balaban J connectivity index is 3.35. The van der Waals surface area contributed by atoms with Crippen LogP contribution >= 0.6 is 0 Å². The number of nitrogens with zero attached hydrogens (tertiary/aromatic N) is 1. The predicted molar refractivity (Wildman–Crippen MR) is 41.2 cm³/mol. The Morgan fingerprint density at radius 2 is 2.40 bits per heavy atom. The van der Waals surface area contributed by atoms with Gasteiger partial charge in [-0.3, -0.25) is 0 Å². The van der Waals surface area contributed by atoms with Gasteiger partial charge in [-0.15, -0.1) is 0 Å². The van der Waals surface area contributed by atoms with Gasteiger partial charge >= 0.3 is 0 Å². The Morgan fingerprint density at radius 1 is 1.80 bits per heavy atom. The smallest absolute Gasteiger partial charge is 0.153 e.